The molecule has 24 heavy (non-hydrogen) atoms. The Kier molecular flexibility index (Phi) is 3.45. The second kappa shape index (κ2) is 5.77. The summed E-state index contributed by atoms with van der Waals surface area (Å²) in [6.45, 7) is 0.208. The van der Waals surface area contributed by atoms with Crippen LogP contribution in [0.3, 0.4) is 0 Å². The summed E-state index contributed by atoms with van der Waals surface area (Å²) in [5.74, 6) is -0.197. The molecule has 2 aromatic heterocycles. The summed E-state index contributed by atoms with van der Waals surface area (Å²) in [7, 11) is 0. The number of amides is 1. The third kappa shape index (κ3) is 2.50. The Morgan fingerprint density at radius 2 is 2.04 bits per heavy atom. The van der Waals surface area contributed by atoms with Gasteiger partial charge in [0.25, 0.3) is 5.91 Å². The highest BCUT2D eigenvalue weighted by molar-refractivity contribution is 5.95. The first kappa shape index (κ1) is 14.4. The van der Waals surface area contributed by atoms with Gasteiger partial charge in [-0.05, 0) is 23.8 Å². The van der Waals surface area contributed by atoms with E-state index >= 15 is 0 Å². The molecule has 3 aromatic rings. The van der Waals surface area contributed by atoms with Crippen molar-refractivity contribution in [1.82, 2.24) is 19.9 Å². The van der Waals surface area contributed by atoms with Crippen molar-refractivity contribution in [1.29, 1.82) is 0 Å². The third-order valence-electron chi connectivity index (χ3n) is 3.99. The number of benzene rings is 1. The number of esters is 1. The smallest absolute Gasteiger partial charge is 0.339 e. The van der Waals surface area contributed by atoms with Gasteiger partial charge in [0.2, 0.25) is 0 Å². The monoisotopic (exact) mass is 322 g/mol. The molecule has 0 unspecified atom stereocenters. The van der Waals surface area contributed by atoms with E-state index in [-0.39, 0.29) is 12.5 Å². The third-order valence-corrected chi connectivity index (χ3v) is 3.99. The van der Waals surface area contributed by atoms with Crippen LogP contribution in [-0.2, 0) is 22.5 Å². The average molecular weight is 322 g/mol. The van der Waals surface area contributed by atoms with Crippen LogP contribution in [0.4, 0.5) is 0 Å². The highest BCUT2D eigenvalue weighted by Crippen LogP contribution is 2.20. The van der Waals surface area contributed by atoms with E-state index in [1.807, 2.05) is 36.5 Å². The van der Waals surface area contributed by atoms with E-state index in [1.54, 1.807) is 16.5 Å². The van der Waals surface area contributed by atoms with E-state index in [9.17, 15) is 9.59 Å². The molecule has 7 nitrogen and oxygen atoms in total. The first-order valence-electron chi connectivity index (χ1n) is 7.57. The van der Waals surface area contributed by atoms with E-state index in [1.165, 1.54) is 0 Å². The van der Waals surface area contributed by atoms with Gasteiger partial charge in [0.05, 0.1) is 12.1 Å². The Bertz CT molecular complexity index is 934. The van der Waals surface area contributed by atoms with Gasteiger partial charge in [0, 0.05) is 12.6 Å². The quantitative estimate of drug-likeness (QED) is 0.731. The van der Waals surface area contributed by atoms with Gasteiger partial charge in [-0.25, -0.2) is 4.79 Å². The standard InChI is InChI=1S/C17H14N4O3/c22-16(13-9-11-5-1-2-6-12(11)17(23)24-13)18-10-15-20-19-14-7-3-4-8-21(14)15/h1-8,13H,9-10H2,(H,18,22)/t13-/m1/s1. The Labute approximate surface area is 137 Å². The second-order valence-corrected chi connectivity index (χ2v) is 5.52. The number of carbonyl (C=O) groups is 2. The van der Waals surface area contributed by atoms with Crippen molar-refractivity contribution in [2.45, 2.75) is 19.1 Å². The van der Waals surface area contributed by atoms with E-state index in [0.717, 1.165) is 5.56 Å². The van der Waals surface area contributed by atoms with Crippen molar-refractivity contribution in [3.05, 3.63) is 65.6 Å². The second-order valence-electron chi connectivity index (χ2n) is 5.52. The first-order chi connectivity index (χ1) is 11.7. The molecular weight excluding hydrogens is 308 g/mol. The number of aromatic nitrogens is 3. The number of nitrogens with zero attached hydrogens (tertiary/aromatic N) is 3. The Hall–Kier alpha value is -3.22. The van der Waals surface area contributed by atoms with Gasteiger partial charge in [-0.2, -0.15) is 0 Å². The lowest BCUT2D eigenvalue weighted by Crippen LogP contribution is -2.41. The molecule has 1 aliphatic heterocycles. The van der Waals surface area contributed by atoms with Gasteiger partial charge < -0.3 is 10.1 Å². The minimum Gasteiger partial charge on any atom is -0.448 e. The topological polar surface area (TPSA) is 85.6 Å². The zero-order chi connectivity index (χ0) is 16.5. The Morgan fingerprint density at radius 1 is 1.21 bits per heavy atom. The number of nitrogens with one attached hydrogen (secondary N) is 1. The van der Waals surface area contributed by atoms with Crippen molar-refractivity contribution in [3.63, 3.8) is 0 Å². The Morgan fingerprint density at radius 3 is 2.96 bits per heavy atom. The number of ether oxygens (including phenoxy) is 1. The lowest BCUT2D eigenvalue weighted by atomic mass is 9.98. The van der Waals surface area contributed by atoms with Crippen LogP contribution in [0.2, 0.25) is 0 Å². The number of hydrogen-bond donors (Lipinski definition) is 1. The predicted molar refractivity (Wildman–Crippen MR) is 84.2 cm³/mol. The van der Waals surface area contributed by atoms with Crippen molar-refractivity contribution >= 4 is 17.5 Å². The molecule has 1 aliphatic rings. The van der Waals surface area contributed by atoms with Gasteiger partial charge in [-0.3, -0.25) is 9.20 Å². The minimum atomic E-state index is -0.827. The molecule has 0 bridgehead atoms. The molecule has 7 heteroatoms. The summed E-state index contributed by atoms with van der Waals surface area (Å²) in [6.07, 6.45) is 1.37. The molecule has 1 aromatic carbocycles. The van der Waals surface area contributed by atoms with Crippen LogP contribution < -0.4 is 5.32 Å². The summed E-state index contributed by atoms with van der Waals surface area (Å²) in [5.41, 5.74) is 2.05. The van der Waals surface area contributed by atoms with Crippen LogP contribution in [0.1, 0.15) is 21.7 Å². The summed E-state index contributed by atoms with van der Waals surface area (Å²) in [4.78, 5) is 24.3. The molecule has 0 spiro atoms. The largest absolute Gasteiger partial charge is 0.448 e. The summed E-state index contributed by atoms with van der Waals surface area (Å²) >= 11 is 0. The van der Waals surface area contributed by atoms with E-state index in [2.05, 4.69) is 15.5 Å². The lowest BCUT2D eigenvalue weighted by Gasteiger charge is -2.23. The SMILES string of the molecule is O=C1O[C@@H](C(=O)NCc2nnc3ccccn23)Cc2ccccc21. The zero-order valence-electron chi connectivity index (χ0n) is 12.7. The Balaban J connectivity index is 1.46. The van der Waals surface area contributed by atoms with Crippen molar-refractivity contribution < 1.29 is 14.3 Å². The molecular formula is C17H14N4O3. The lowest BCUT2D eigenvalue weighted by molar-refractivity contribution is -0.130. The number of rotatable bonds is 3. The first-order valence-corrected chi connectivity index (χ1v) is 7.57. The van der Waals surface area contributed by atoms with Crippen LogP contribution in [0.25, 0.3) is 5.65 Å². The number of hydrogen-bond acceptors (Lipinski definition) is 5. The van der Waals surface area contributed by atoms with Crippen LogP contribution in [0.15, 0.2) is 48.7 Å². The molecule has 0 radical (unpaired) electrons. The zero-order valence-corrected chi connectivity index (χ0v) is 12.7. The average Bonchev–Trinajstić information content (AvgIpc) is 3.03. The van der Waals surface area contributed by atoms with Crippen LogP contribution >= 0.6 is 0 Å². The van der Waals surface area contributed by atoms with E-state index < -0.39 is 12.1 Å². The molecule has 1 atom stereocenters. The van der Waals surface area contributed by atoms with E-state index in [4.69, 9.17) is 4.74 Å². The summed E-state index contributed by atoms with van der Waals surface area (Å²) in [5, 5.41) is 10.8. The van der Waals surface area contributed by atoms with Crippen molar-refractivity contribution in [3.8, 4) is 0 Å². The molecule has 3 heterocycles. The van der Waals surface area contributed by atoms with Gasteiger partial charge in [-0.15, -0.1) is 10.2 Å². The van der Waals surface area contributed by atoms with Gasteiger partial charge in [-0.1, -0.05) is 24.3 Å². The molecule has 1 N–H and O–H groups in total. The molecule has 0 aliphatic carbocycles. The molecule has 0 saturated carbocycles. The number of cyclic esters (lactones) is 1. The molecule has 0 fully saturated rings. The normalized spacial score (nSPS) is 16.5. The molecule has 4 rings (SSSR count). The van der Waals surface area contributed by atoms with Crippen LogP contribution in [-0.4, -0.2) is 32.6 Å². The fourth-order valence-electron chi connectivity index (χ4n) is 2.77. The van der Waals surface area contributed by atoms with Crippen molar-refractivity contribution in [2.24, 2.45) is 0 Å². The number of pyridine rings is 1. The molecule has 120 valence electrons. The molecule has 1 amide bonds. The minimum absolute atomic E-state index is 0.208. The maximum atomic E-state index is 12.3. The maximum Gasteiger partial charge on any atom is 0.339 e. The summed E-state index contributed by atoms with van der Waals surface area (Å²) < 4.78 is 7.03. The van der Waals surface area contributed by atoms with Crippen LogP contribution in [0, 0.1) is 0 Å². The number of carbonyl (C=O) groups excluding carboxylic acids is 2. The van der Waals surface area contributed by atoms with Gasteiger partial charge in [0.1, 0.15) is 0 Å². The fourth-order valence-corrected chi connectivity index (χ4v) is 2.77. The van der Waals surface area contributed by atoms with E-state index in [0.29, 0.717) is 23.5 Å². The van der Waals surface area contributed by atoms with Crippen molar-refractivity contribution in [2.75, 3.05) is 0 Å². The maximum absolute atomic E-state index is 12.3. The number of fused-ring (bicyclic) bond motifs is 2. The van der Waals surface area contributed by atoms with Gasteiger partial charge in [0.15, 0.2) is 17.6 Å². The highest BCUT2D eigenvalue weighted by Gasteiger charge is 2.30. The predicted octanol–water partition coefficient (Wildman–Crippen LogP) is 1.13. The van der Waals surface area contributed by atoms with Crippen LogP contribution in [0.5, 0.6) is 0 Å². The summed E-state index contributed by atoms with van der Waals surface area (Å²) in [6, 6.07) is 12.7. The molecule has 0 saturated heterocycles. The highest BCUT2D eigenvalue weighted by atomic mass is 16.5. The fraction of sp³-hybridized carbons (Fsp3) is 0.176. The van der Waals surface area contributed by atoms with Gasteiger partial charge >= 0.3 is 5.97 Å².